The molecule has 2 aliphatic rings. The van der Waals surface area contributed by atoms with Gasteiger partial charge in [-0.05, 0) is 62.8 Å². The van der Waals surface area contributed by atoms with Gasteiger partial charge in [0.2, 0.25) is 11.8 Å². The standard InChI is InChI=1S/C25H33N3O4S/c1-4-8-21-24-22(14-16-27(24)23(29)11-7-15-26(2)3)28(25(21)30)33(31,32)20-13-12-18-9-5-6-10-19(18)17-20/h5-6,9-10,12-13,17,21-22,24H,4,7-8,11,14-16H2,1-3H3/t21-,22+,24-/m1/s1. The lowest BCUT2D eigenvalue weighted by molar-refractivity contribution is -0.134. The summed E-state index contributed by atoms with van der Waals surface area (Å²) in [5.74, 6) is -0.829. The fourth-order valence-electron chi connectivity index (χ4n) is 5.34. The molecule has 33 heavy (non-hydrogen) atoms. The van der Waals surface area contributed by atoms with Crippen molar-refractivity contribution < 1.29 is 18.0 Å². The first-order valence-electron chi connectivity index (χ1n) is 11.8. The zero-order valence-corrected chi connectivity index (χ0v) is 20.4. The maximum atomic E-state index is 13.7. The van der Waals surface area contributed by atoms with Crippen molar-refractivity contribution >= 4 is 32.6 Å². The Morgan fingerprint density at radius 3 is 2.55 bits per heavy atom. The number of carbonyl (C=O) groups excluding carboxylic acids is 2. The SMILES string of the molecule is CCC[C@H]1C(=O)N(S(=O)(=O)c2ccc3ccccc3c2)[C@H]2CCN(C(=O)CCCN(C)C)[C@H]12. The van der Waals surface area contributed by atoms with Crippen LogP contribution in [-0.4, -0.2) is 73.6 Å². The Labute approximate surface area is 196 Å². The molecule has 2 aliphatic heterocycles. The van der Waals surface area contributed by atoms with Crippen LogP contribution in [0.25, 0.3) is 10.8 Å². The molecular weight excluding hydrogens is 438 g/mol. The van der Waals surface area contributed by atoms with Crippen LogP contribution in [0.2, 0.25) is 0 Å². The molecule has 0 aromatic heterocycles. The molecule has 2 saturated heterocycles. The highest BCUT2D eigenvalue weighted by atomic mass is 32.2. The summed E-state index contributed by atoms with van der Waals surface area (Å²) in [4.78, 5) is 30.4. The molecule has 0 aliphatic carbocycles. The first-order chi connectivity index (χ1) is 15.8. The van der Waals surface area contributed by atoms with Gasteiger partial charge in [-0.25, -0.2) is 12.7 Å². The van der Waals surface area contributed by atoms with E-state index in [-0.39, 0.29) is 22.8 Å². The Kier molecular flexibility index (Phi) is 6.77. The number of amides is 2. The quantitative estimate of drug-likeness (QED) is 0.591. The molecule has 178 valence electrons. The third-order valence-corrected chi connectivity index (χ3v) is 8.68. The lowest BCUT2D eigenvalue weighted by Gasteiger charge is -2.27. The molecule has 2 aromatic carbocycles. The fraction of sp³-hybridized carbons (Fsp3) is 0.520. The van der Waals surface area contributed by atoms with E-state index in [0.717, 1.165) is 34.5 Å². The van der Waals surface area contributed by atoms with E-state index in [1.165, 1.54) is 0 Å². The zero-order chi connectivity index (χ0) is 23.8. The van der Waals surface area contributed by atoms with Gasteiger partial charge in [0.1, 0.15) is 0 Å². The predicted molar refractivity (Wildman–Crippen MR) is 128 cm³/mol. The number of nitrogens with zero attached hydrogens (tertiary/aromatic N) is 3. The van der Waals surface area contributed by atoms with Gasteiger partial charge in [0, 0.05) is 13.0 Å². The van der Waals surface area contributed by atoms with Crippen LogP contribution in [0.1, 0.15) is 39.0 Å². The van der Waals surface area contributed by atoms with Crippen molar-refractivity contribution in [1.82, 2.24) is 14.1 Å². The topological polar surface area (TPSA) is 78.0 Å². The van der Waals surface area contributed by atoms with Crippen LogP contribution in [0.4, 0.5) is 0 Å². The fourth-order valence-corrected chi connectivity index (χ4v) is 7.04. The van der Waals surface area contributed by atoms with Crippen molar-refractivity contribution in [3.8, 4) is 0 Å². The van der Waals surface area contributed by atoms with Crippen LogP contribution in [0, 0.1) is 5.92 Å². The normalized spacial score (nSPS) is 23.0. The monoisotopic (exact) mass is 471 g/mol. The number of benzene rings is 2. The van der Waals surface area contributed by atoms with Crippen molar-refractivity contribution in [2.45, 2.75) is 56.0 Å². The molecule has 0 saturated carbocycles. The Hall–Kier alpha value is -2.45. The van der Waals surface area contributed by atoms with E-state index in [1.807, 2.05) is 50.2 Å². The summed E-state index contributed by atoms with van der Waals surface area (Å²) in [6.45, 7) is 3.29. The highest BCUT2D eigenvalue weighted by Crippen LogP contribution is 2.42. The Morgan fingerprint density at radius 2 is 1.85 bits per heavy atom. The summed E-state index contributed by atoms with van der Waals surface area (Å²) in [5, 5.41) is 1.76. The molecule has 2 fully saturated rings. The third-order valence-electron chi connectivity index (χ3n) is 6.86. The van der Waals surface area contributed by atoms with Gasteiger partial charge < -0.3 is 9.80 Å². The minimum Gasteiger partial charge on any atom is -0.337 e. The van der Waals surface area contributed by atoms with Gasteiger partial charge in [-0.3, -0.25) is 9.59 Å². The highest BCUT2D eigenvalue weighted by molar-refractivity contribution is 7.89. The number of hydrogen-bond acceptors (Lipinski definition) is 5. The molecular formula is C25H33N3O4S. The van der Waals surface area contributed by atoms with Gasteiger partial charge in [0.15, 0.2) is 0 Å². The van der Waals surface area contributed by atoms with E-state index in [9.17, 15) is 18.0 Å². The second kappa shape index (κ2) is 9.43. The molecule has 0 radical (unpaired) electrons. The summed E-state index contributed by atoms with van der Waals surface area (Å²) >= 11 is 0. The van der Waals surface area contributed by atoms with E-state index in [1.54, 1.807) is 23.1 Å². The lowest BCUT2D eigenvalue weighted by Crippen LogP contribution is -2.43. The van der Waals surface area contributed by atoms with Crippen molar-refractivity contribution in [2.75, 3.05) is 27.2 Å². The van der Waals surface area contributed by atoms with Crippen LogP contribution in [-0.2, 0) is 19.6 Å². The molecule has 4 rings (SSSR count). The van der Waals surface area contributed by atoms with E-state index >= 15 is 0 Å². The van der Waals surface area contributed by atoms with Gasteiger partial charge >= 0.3 is 0 Å². The molecule has 2 amide bonds. The first kappa shape index (κ1) is 23.7. The molecule has 7 nitrogen and oxygen atoms in total. The van der Waals surface area contributed by atoms with Crippen LogP contribution in [0.3, 0.4) is 0 Å². The molecule has 0 N–H and O–H groups in total. The van der Waals surface area contributed by atoms with Gasteiger partial charge in [-0.15, -0.1) is 0 Å². The third kappa shape index (κ3) is 4.38. The number of rotatable bonds is 8. The van der Waals surface area contributed by atoms with Crippen LogP contribution >= 0.6 is 0 Å². The smallest absolute Gasteiger partial charge is 0.266 e. The summed E-state index contributed by atoms with van der Waals surface area (Å²) in [6.07, 6.45) is 2.97. The Morgan fingerprint density at radius 1 is 1.12 bits per heavy atom. The molecule has 0 unspecified atom stereocenters. The second-order valence-corrected chi connectivity index (χ2v) is 11.2. The van der Waals surface area contributed by atoms with Gasteiger partial charge in [0.25, 0.3) is 10.0 Å². The first-order valence-corrected chi connectivity index (χ1v) is 13.2. The van der Waals surface area contributed by atoms with Crippen molar-refractivity contribution in [2.24, 2.45) is 5.92 Å². The number of sulfonamides is 1. The maximum absolute atomic E-state index is 13.7. The number of carbonyl (C=O) groups is 2. The Balaban J connectivity index is 1.64. The second-order valence-electron chi connectivity index (χ2n) is 9.38. The Bertz CT molecular complexity index is 1150. The zero-order valence-electron chi connectivity index (χ0n) is 19.6. The molecule has 8 heteroatoms. The highest BCUT2D eigenvalue weighted by Gasteiger charge is 2.58. The van der Waals surface area contributed by atoms with E-state index < -0.39 is 22.0 Å². The van der Waals surface area contributed by atoms with Crippen LogP contribution in [0.15, 0.2) is 47.4 Å². The lowest BCUT2D eigenvalue weighted by atomic mass is 9.94. The number of hydrogen-bond donors (Lipinski definition) is 0. The van der Waals surface area contributed by atoms with Crippen molar-refractivity contribution in [1.29, 1.82) is 0 Å². The predicted octanol–water partition coefficient (Wildman–Crippen LogP) is 3.10. The summed E-state index contributed by atoms with van der Waals surface area (Å²) in [6, 6.07) is 11.7. The van der Waals surface area contributed by atoms with Crippen molar-refractivity contribution in [3.05, 3.63) is 42.5 Å². The largest absolute Gasteiger partial charge is 0.337 e. The number of likely N-dealkylation sites (tertiary alicyclic amines) is 1. The van der Waals surface area contributed by atoms with Crippen LogP contribution < -0.4 is 0 Å². The maximum Gasteiger partial charge on any atom is 0.266 e. The van der Waals surface area contributed by atoms with Gasteiger partial charge in [-0.2, -0.15) is 0 Å². The summed E-state index contributed by atoms with van der Waals surface area (Å²) in [5.41, 5.74) is 0. The molecule has 2 heterocycles. The molecule has 3 atom stereocenters. The van der Waals surface area contributed by atoms with E-state index in [2.05, 4.69) is 0 Å². The van der Waals surface area contributed by atoms with Gasteiger partial charge in [0.05, 0.1) is 22.9 Å². The minimum absolute atomic E-state index is 0.0169. The summed E-state index contributed by atoms with van der Waals surface area (Å²) < 4.78 is 28.5. The van der Waals surface area contributed by atoms with E-state index in [0.29, 0.717) is 25.8 Å². The number of fused-ring (bicyclic) bond motifs is 2. The molecule has 0 spiro atoms. The minimum atomic E-state index is -4.02. The molecule has 0 bridgehead atoms. The van der Waals surface area contributed by atoms with E-state index in [4.69, 9.17) is 0 Å². The summed E-state index contributed by atoms with van der Waals surface area (Å²) in [7, 11) is -0.0808. The van der Waals surface area contributed by atoms with Gasteiger partial charge in [-0.1, -0.05) is 43.7 Å². The van der Waals surface area contributed by atoms with Crippen molar-refractivity contribution in [3.63, 3.8) is 0 Å². The average molecular weight is 472 g/mol. The van der Waals surface area contributed by atoms with Crippen LogP contribution in [0.5, 0.6) is 0 Å². The molecule has 2 aromatic rings. The average Bonchev–Trinajstić information content (AvgIpc) is 3.31.